The van der Waals surface area contributed by atoms with Gasteiger partial charge >= 0.3 is 0 Å². The van der Waals surface area contributed by atoms with E-state index in [9.17, 15) is 4.79 Å². The van der Waals surface area contributed by atoms with E-state index in [1.165, 1.54) is 11.1 Å². The van der Waals surface area contributed by atoms with Crippen molar-refractivity contribution in [3.8, 4) is 0 Å². The van der Waals surface area contributed by atoms with Crippen LogP contribution in [0.4, 0.5) is 0 Å². The lowest BCUT2D eigenvalue weighted by Gasteiger charge is -2.32. The molecular formula is C22H32N4O2. The van der Waals surface area contributed by atoms with Crippen molar-refractivity contribution in [2.75, 3.05) is 39.9 Å². The smallest absolute Gasteiger partial charge is 0.254 e. The SMILES string of the molecule is CCc1ccc(CCN2CCC[C@@H](c3[nH]ncc3C(=O)NCCOC)C2)cc1. The second-order valence-corrected chi connectivity index (χ2v) is 7.51. The maximum atomic E-state index is 12.4. The molecule has 0 aliphatic carbocycles. The maximum absolute atomic E-state index is 12.4. The average Bonchev–Trinajstić information content (AvgIpc) is 3.23. The number of amides is 1. The third kappa shape index (κ3) is 5.42. The zero-order valence-electron chi connectivity index (χ0n) is 17.0. The molecule has 1 aliphatic rings. The van der Waals surface area contributed by atoms with Crippen LogP contribution in [0.1, 0.15) is 52.9 Å². The molecular weight excluding hydrogens is 352 g/mol. The topological polar surface area (TPSA) is 70.2 Å². The van der Waals surface area contributed by atoms with Crippen molar-refractivity contribution in [2.24, 2.45) is 0 Å². The van der Waals surface area contributed by atoms with Crippen LogP contribution in [0.3, 0.4) is 0 Å². The van der Waals surface area contributed by atoms with Crippen molar-refractivity contribution in [1.82, 2.24) is 20.4 Å². The summed E-state index contributed by atoms with van der Waals surface area (Å²) in [7, 11) is 1.63. The number of carbonyl (C=O) groups is 1. The predicted octanol–water partition coefficient (Wildman–Crippen LogP) is 2.77. The molecule has 3 rings (SSSR count). The number of aromatic nitrogens is 2. The van der Waals surface area contributed by atoms with Gasteiger partial charge in [0.15, 0.2) is 0 Å². The molecule has 1 atom stereocenters. The Kier molecular flexibility index (Phi) is 7.62. The molecule has 2 heterocycles. The molecule has 6 heteroatoms. The predicted molar refractivity (Wildman–Crippen MR) is 111 cm³/mol. The summed E-state index contributed by atoms with van der Waals surface area (Å²) in [5.41, 5.74) is 4.40. The normalized spacial score (nSPS) is 17.6. The van der Waals surface area contributed by atoms with Crippen molar-refractivity contribution in [3.05, 3.63) is 52.8 Å². The number of rotatable bonds is 9. The Labute approximate surface area is 167 Å². The van der Waals surface area contributed by atoms with Gasteiger partial charge < -0.3 is 15.0 Å². The number of H-pyrrole nitrogens is 1. The summed E-state index contributed by atoms with van der Waals surface area (Å²) in [5, 5.41) is 10.1. The lowest BCUT2D eigenvalue weighted by molar-refractivity contribution is 0.0934. The van der Waals surface area contributed by atoms with E-state index >= 15 is 0 Å². The Morgan fingerprint density at radius 2 is 2.11 bits per heavy atom. The van der Waals surface area contributed by atoms with Gasteiger partial charge in [-0.2, -0.15) is 5.10 Å². The van der Waals surface area contributed by atoms with E-state index in [0.717, 1.165) is 51.0 Å². The molecule has 0 spiro atoms. The van der Waals surface area contributed by atoms with Gasteiger partial charge in [0.25, 0.3) is 5.91 Å². The molecule has 2 aromatic rings. The molecule has 1 fully saturated rings. The largest absolute Gasteiger partial charge is 0.383 e. The summed E-state index contributed by atoms with van der Waals surface area (Å²) in [6, 6.07) is 8.95. The molecule has 0 saturated carbocycles. The van der Waals surface area contributed by atoms with E-state index in [2.05, 4.69) is 51.6 Å². The van der Waals surface area contributed by atoms with Gasteiger partial charge in [0.2, 0.25) is 0 Å². The monoisotopic (exact) mass is 384 g/mol. The van der Waals surface area contributed by atoms with Crippen LogP contribution in [0.5, 0.6) is 0 Å². The first kappa shape index (κ1) is 20.6. The standard InChI is InChI=1S/C22H32N4O2/c1-3-17-6-8-18(9-7-17)10-13-26-12-4-5-19(16-26)21-20(15-24-25-21)22(27)23-11-14-28-2/h6-9,15,19H,3-5,10-14,16H2,1-2H3,(H,23,27)(H,24,25)/t19-/m1/s1. The molecule has 1 amide bonds. The Hall–Kier alpha value is -2.18. The molecule has 6 nitrogen and oxygen atoms in total. The van der Waals surface area contributed by atoms with E-state index in [4.69, 9.17) is 4.74 Å². The van der Waals surface area contributed by atoms with Crippen LogP contribution in [-0.2, 0) is 17.6 Å². The van der Waals surface area contributed by atoms with Gasteiger partial charge in [-0.05, 0) is 43.4 Å². The minimum Gasteiger partial charge on any atom is -0.383 e. The fourth-order valence-corrected chi connectivity index (χ4v) is 3.87. The lowest BCUT2D eigenvalue weighted by atomic mass is 9.92. The number of likely N-dealkylation sites (tertiary alicyclic amines) is 1. The van der Waals surface area contributed by atoms with Crippen molar-refractivity contribution in [2.45, 2.75) is 38.5 Å². The second-order valence-electron chi connectivity index (χ2n) is 7.51. The summed E-state index contributed by atoms with van der Waals surface area (Å²) >= 11 is 0. The number of benzene rings is 1. The highest BCUT2D eigenvalue weighted by Crippen LogP contribution is 2.28. The van der Waals surface area contributed by atoms with Crippen LogP contribution in [0.25, 0.3) is 0 Å². The van der Waals surface area contributed by atoms with E-state index < -0.39 is 0 Å². The third-order valence-electron chi connectivity index (χ3n) is 5.57. The number of carbonyl (C=O) groups excluding carboxylic acids is 1. The number of hydrogen-bond donors (Lipinski definition) is 2. The Morgan fingerprint density at radius 1 is 1.32 bits per heavy atom. The van der Waals surface area contributed by atoms with Crippen molar-refractivity contribution in [1.29, 1.82) is 0 Å². The van der Waals surface area contributed by atoms with Crippen LogP contribution in [-0.4, -0.2) is 60.9 Å². The van der Waals surface area contributed by atoms with Gasteiger partial charge in [-0.3, -0.25) is 9.89 Å². The van der Waals surface area contributed by atoms with Gasteiger partial charge in [0.1, 0.15) is 0 Å². The summed E-state index contributed by atoms with van der Waals surface area (Å²) in [6.07, 6.45) is 6.01. The Morgan fingerprint density at radius 3 is 2.86 bits per heavy atom. The molecule has 0 bridgehead atoms. The number of piperidine rings is 1. The van der Waals surface area contributed by atoms with E-state index in [0.29, 0.717) is 24.6 Å². The highest BCUT2D eigenvalue weighted by Gasteiger charge is 2.26. The highest BCUT2D eigenvalue weighted by atomic mass is 16.5. The van der Waals surface area contributed by atoms with E-state index in [1.807, 2.05) is 0 Å². The molecule has 152 valence electrons. The van der Waals surface area contributed by atoms with Gasteiger partial charge in [-0.25, -0.2) is 0 Å². The Balaban J connectivity index is 1.56. The number of hydrogen-bond acceptors (Lipinski definition) is 4. The molecule has 1 saturated heterocycles. The van der Waals surface area contributed by atoms with Crippen LogP contribution in [0, 0.1) is 0 Å². The average molecular weight is 385 g/mol. The fourth-order valence-electron chi connectivity index (χ4n) is 3.87. The first-order valence-corrected chi connectivity index (χ1v) is 10.3. The van der Waals surface area contributed by atoms with Crippen LogP contribution < -0.4 is 5.32 Å². The number of aryl methyl sites for hydroxylation is 1. The van der Waals surface area contributed by atoms with Gasteiger partial charge in [-0.15, -0.1) is 0 Å². The minimum atomic E-state index is -0.0751. The quantitative estimate of drug-likeness (QED) is 0.652. The minimum absolute atomic E-state index is 0.0751. The third-order valence-corrected chi connectivity index (χ3v) is 5.57. The molecule has 1 aromatic heterocycles. The summed E-state index contributed by atoms with van der Waals surface area (Å²) in [6.45, 7) is 6.33. The maximum Gasteiger partial charge on any atom is 0.254 e. The molecule has 0 radical (unpaired) electrons. The number of ether oxygens (including phenoxy) is 1. The summed E-state index contributed by atoms with van der Waals surface area (Å²) in [5.74, 6) is 0.246. The van der Waals surface area contributed by atoms with Crippen LogP contribution >= 0.6 is 0 Å². The molecule has 1 aromatic carbocycles. The van der Waals surface area contributed by atoms with E-state index in [1.54, 1.807) is 13.3 Å². The van der Waals surface area contributed by atoms with Gasteiger partial charge in [0, 0.05) is 32.7 Å². The van der Waals surface area contributed by atoms with Gasteiger partial charge in [0.05, 0.1) is 24.1 Å². The molecule has 1 aliphatic heterocycles. The van der Waals surface area contributed by atoms with Crippen molar-refractivity contribution in [3.63, 3.8) is 0 Å². The van der Waals surface area contributed by atoms with Crippen molar-refractivity contribution >= 4 is 5.91 Å². The first-order chi connectivity index (χ1) is 13.7. The van der Waals surface area contributed by atoms with Crippen LogP contribution in [0.2, 0.25) is 0 Å². The number of methoxy groups -OCH3 is 1. The number of aromatic amines is 1. The summed E-state index contributed by atoms with van der Waals surface area (Å²) < 4.78 is 5.00. The fraction of sp³-hybridized carbons (Fsp3) is 0.545. The Bertz CT molecular complexity index is 741. The number of nitrogens with one attached hydrogen (secondary N) is 2. The molecule has 28 heavy (non-hydrogen) atoms. The lowest BCUT2D eigenvalue weighted by Crippen LogP contribution is -2.37. The van der Waals surface area contributed by atoms with Crippen molar-refractivity contribution < 1.29 is 9.53 Å². The number of nitrogens with zero attached hydrogens (tertiary/aromatic N) is 2. The highest BCUT2D eigenvalue weighted by molar-refractivity contribution is 5.95. The summed E-state index contributed by atoms with van der Waals surface area (Å²) in [4.78, 5) is 15.0. The van der Waals surface area contributed by atoms with E-state index in [-0.39, 0.29) is 5.91 Å². The second kappa shape index (κ2) is 10.4. The zero-order chi connectivity index (χ0) is 19.8. The first-order valence-electron chi connectivity index (χ1n) is 10.3. The molecule has 0 unspecified atom stereocenters. The van der Waals surface area contributed by atoms with Crippen LogP contribution in [0.15, 0.2) is 30.5 Å². The van der Waals surface area contributed by atoms with Gasteiger partial charge in [-0.1, -0.05) is 31.2 Å². The zero-order valence-corrected chi connectivity index (χ0v) is 17.0. The molecule has 2 N–H and O–H groups in total.